The summed E-state index contributed by atoms with van der Waals surface area (Å²) in [6, 6.07) is 14.8. The van der Waals surface area contributed by atoms with Crippen molar-refractivity contribution in [3.8, 4) is 0 Å². The summed E-state index contributed by atoms with van der Waals surface area (Å²) in [6.07, 6.45) is -8.88. The van der Waals surface area contributed by atoms with Crippen LogP contribution in [0.3, 0.4) is 0 Å². The minimum atomic E-state index is -2.38. The number of rotatable bonds is 10. The number of hydrogen-bond acceptors (Lipinski definition) is 14. The Hall–Kier alpha value is -5.22. The number of carbonyl (C=O) groups is 6. The van der Waals surface area contributed by atoms with E-state index in [-0.39, 0.29) is 29.7 Å². The van der Waals surface area contributed by atoms with Crippen molar-refractivity contribution in [2.24, 2.45) is 16.7 Å². The lowest BCUT2D eigenvalue weighted by Gasteiger charge is -2.67. The molecule has 1 aliphatic heterocycles. The molecular weight excluding hydrogens is 778 g/mol. The molecule has 15 nitrogen and oxygen atoms in total. The number of hydrogen-bond donors (Lipinski definition) is 4. The van der Waals surface area contributed by atoms with E-state index >= 15 is 4.79 Å². The van der Waals surface area contributed by atoms with Gasteiger partial charge in [-0.3, -0.25) is 19.2 Å². The molecule has 4 aliphatic rings. The molecule has 0 aromatic heterocycles. The van der Waals surface area contributed by atoms with Crippen LogP contribution in [0.4, 0.5) is 0 Å². The number of ether oxygens (including phenoxy) is 5. The Labute approximate surface area is 348 Å². The van der Waals surface area contributed by atoms with Crippen LogP contribution in [0.15, 0.2) is 83.5 Å². The van der Waals surface area contributed by atoms with Gasteiger partial charge in [0.15, 0.2) is 23.6 Å². The van der Waals surface area contributed by atoms with Crippen LogP contribution in [0.1, 0.15) is 90.2 Å². The van der Waals surface area contributed by atoms with Crippen molar-refractivity contribution in [1.29, 1.82) is 0 Å². The van der Waals surface area contributed by atoms with Gasteiger partial charge in [0.25, 0.3) is 0 Å². The van der Waals surface area contributed by atoms with Crippen molar-refractivity contribution in [2.75, 3.05) is 6.61 Å². The van der Waals surface area contributed by atoms with Gasteiger partial charge < -0.3 is 44.3 Å². The number of aliphatic hydroxyl groups is 3. The maximum absolute atomic E-state index is 15.4. The summed E-state index contributed by atoms with van der Waals surface area (Å²) in [7, 11) is 0. The number of fused-ring (bicyclic) bond motifs is 5. The molecule has 11 atom stereocenters. The van der Waals surface area contributed by atoms with Crippen LogP contribution in [-0.2, 0) is 47.7 Å². The second kappa shape index (κ2) is 16.3. The second-order valence-electron chi connectivity index (χ2n) is 17.0. The third-order valence-corrected chi connectivity index (χ3v) is 13.2. The van der Waals surface area contributed by atoms with Gasteiger partial charge in [-0.1, -0.05) is 68.5 Å². The van der Waals surface area contributed by atoms with Gasteiger partial charge in [-0.25, -0.2) is 9.59 Å². The number of ketones is 1. The van der Waals surface area contributed by atoms with Gasteiger partial charge in [-0.15, -0.1) is 0 Å². The maximum atomic E-state index is 15.4. The van der Waals surface area contributed by atoms with Crippen LogP contribution in [-0.4, -0.2) is 105 Å². The zero-order chi connectivity index (χ0) is 44.1. The zero-order valence-electron chi connectivity index (χ0n) is 34.9. The first-order valence-electron chi connectivity index (χ1n) is 19.9. The van der Waals surface area contributed by atoms with E-state index in [2.05, 4.69) is 5.32 Å². The molecule has 1 heterocycles. The van der Waals surface area contributed by atoms with Crippen molar-refractivity contribution in [3.05, 3.63) is 94.6 Å². The second-order valence-corrected chi connectivity index (χ2v) is 17.0. The van der Waals surface area contributed by atoms with Gasteiger partial charge in [0.1, 0.15) is 23.9 Å². The van der Waals surface area contributed by atoms with Crippen LogP contribution < -0.4 is 5.32 Å². The van der Waals surface area contributed by atoms with E-state index in [0.29, 0.717) is 11.1 Å². The summed E-state index contributed by atoms with van der Waals surface area (Å²) < 4.78 is 30.2. The topological polar surface area (TPSA) is 221 Å². The average Bonchev–Trinajstić information content (AvgIpc) is 3.20. The number of esters is 4. The quantitative estimate of drug-likeness (QED) is 0.117. The van der Waals surface area contributed by atoms with Crippen molar-refractivity contribution >= 4 is 35.6 Å². The normalized spacial score (nSPS) is 32.9. The summed E-state index contributed by atoms with van der Waals surface area (Å²) in [5.74, 6) is -6.78. The number of nitrogens with one attached hydrogen (secondary N) is 1. The van der Waals surface area contributed by atoms with Gasteiger partial charge in [-0.2, -0.15) is 0 Å². The summed E-state index contributed by atoms with van der Waals surface area (Å²) >= 11 is 0. The van der Waals surface area contributed by atoms with E-state index in [4.69, 9.17) is 23.7 Å². The van der Waals surface area contributed by atoms with Crippen molar-refractivity contribution in [1.82, 2.24) is 5.32 Å². The van der Waals surface area contributed by atoms with Crippen molar-refractivity contribution < 1.29 is 67.8 Å². The van der Waals surface area contributed by atoms with Crippen LogP contribution >= 0.6 is 0 Å². The molecule has 322 valence electrons. The standard InChI is InChI=1S/C45H53NO14/c1-9-23(2)39(52)46-33(27-16-12-10-13-17-27)34(50)41(54)58-29-21-45(55)38(59-40(53)28-18-14-11-15-19-28)36-43(8,30(49)20-31-44(36,22-56-31)60-26(5)48)37(51)35(57-25(4)47)32(24(29)3)42(45,6)7/h9-19,29-31,33-36,38,49-50,55H,20-22H2,1-8H3,(H,46,52)/t29-,30-,31+,33-,34+,35+,36-,38-,43+,44-,45+/m0/s1. The fourth-order valence-corrected chi connectivity index (χ4v) is 9.75. The first-order valence-corrected chi connectivity index (χ1v) is 19.9. The summed E-state index contributed by atoms with van der Waals surface area (Å²) in [4.78, 5) is 82.9. The summed E-state index contributed by atoms with van der Waals surface area (Å²) in [5.41, 5.74) is -6.91. The van der Waals surface area contributed by atoms with Crippen LogP contribution in [0.25, 0.3) is 0 Å². The molecule has 15 heteroatoms. The van der Waals surface area contributed by atoms with Crippen molar-refractivity contribution in [3.63, 3.8) is 0 Å². The Bertz CT molecular complexity index is 2110. The lowest BCUT2D eigenvalue weighted by atomic mass is 9.44. The minimum absolute atomic E-state index is 0.00140. The van der Waals surface area contributed by atoms with Gasteiger partial charge in [-0.05, 0) is 56.5 Å². The molecule has 4 N–H and O–H groups in total. The number of aliphatic hydroxyl groups excluding tert-OH is 2. The third-order valence-electron chi connectivity index (χ3n) is 13.2. The molecule has 3 aliphatic carbocycles. The molecule has 2 saturated carbocycles. The fourth-order valence-electron chi connectivity index (χ4n) is 9.75. The van der Waals surface area contributed by atoms with Gasteiger partial charge >= 0.3 is 23.9 Å². The summed E-state index contributed by atoms with van der Waals surface area (Å²) in [5, 5.41) is 40.0. The highest BCUT2D eigenvalue weighted by atomic mass is 16.6. The smallest absolute Gasteiger partial charge is 0.338 e. The Balaban J connectivity index is 1.56. The van der Waals surface area contributed by atoms with E-state index in [1.54, 1.807) is 82.3 Å². The molecule has 6 rings (SSSR count). The molecule has 1 amide bonds. The summed E-state index contributed by atoms with van der Waals surface area (Å²) in [6.45, 7) is 11.2. The molecule has 2 aromatic carbocycles. The van der Waals surface area contributed by atoms with E-state index in [0.717, 1.165) is 13.8 Å². The molecule has 0 unspecified atom stereocenters. The Kier molecular flexibility index (Phi) is 12.1. The molecule has 3 fully saturated rings. The van der Waals surface area contributed by atoms with E-state index in [1.807, 2.05) is 0 Å². The lowest BCUT2D eigenvalue weighted by Crippen LogP contribution is -2.82. The Morgan fingerprint density at radius 1 is 0.917 bits per heavy atom. The zero-order valence-corrected chi connectivity index (χ0v) is 34.9. The highest BCUT2D eigenvalue weighted by molar-refractivity contribution is 5.96. The van der Waals surface area contributed by atoms with Gasteiger partial charge in [0.05, 0.1) is 35.6 Å². The largest absolute Gasteiger partial charge is 0.456 e. The lowest BCUT2D eigenvalue weighted by molar-refractivity contribution is -0.346. The van der Waals surface area contributed by atoms with Crippen molar-refractivity contribution in [2.45, 2.75) is 122 Å². The minimum Gasteiger partial charge on any atom is -0.456 e. The van der Waals surface area contributed by atoms with Crippen LogP contribution in [0, 0.1) is 16.7 Å². The van der Waals surface area contributed by atoms with Crippen LogP contribution in [0.5, 0.6) is 0 Å². The van der Waals surface area contributed by atoms with E-state index in [1.165, 1.54) is 26.0 Å². The number of Topliss-reactive ketones (excluding diaryl/α,β-unsaturated/α-hetero) is 1. The molecule has 2 aromatic rings. The Morgan fingerprint density at radius 3 is 2.08 bits per heavy atom. The predicted molar refractivity (Wildman–Crippen MR) is 211 cm³/mol. The first kappa shape index (κ1) is 44.3. The predicted octanol–water partition coefficient (Wildman–Crippen LogP) is 3.39. The van der Waals surface area contributed by atoms with Gasteiger partial charge in [0.2, 0.25) is 5.91 Å². The van der Waals surface area contributed by atoms with E-state index < -0.39 is 113 Å². The molecule has 1 saturated heterocycles. The molecule has 2 bridgehead atoms. The SMILES string of the molecule is CC=C(C)C(=O)N[C@@H](c1ccccc1)[C@@H](O)C(=O)O[C@H]1C[C@@]2(O)[C@@H](OC(=O)c3ccccc3)[C@@H]3[C@]4(OC(C)=O)CO[C@@H]4C[C@H](O)[C@@]3(C)C(=O)[C@H](OC(C)=O)C(=C1C)C2(C)C. The Morgan fingerprint density at radius 2 is 1.53 bits per heavy atom. The highest BCUT2D eigenvalue weighted by Crippen LogP contribution is 2.64. The molecular formula is C45H53NO14. The first-order chi connectivity index (χ1) is 28.1. The fraction of sp³-hybridized carbons (Fsp3) is 0.511. The van der Waals surface area contributed by atoms with Gasteiger partial charge in [0, 0.05) is 37.7 Å². The number of amides is 1. The monoisotopic (exact) mass is 831 g/mol. The maximum Gasteiger partial charge on any atom is 0.338 e. The number of carbonyl (C=O) groups excluding carboxylic acids is 6. The molecule has 0 radical (unpaired) electrons. The number of benzene rings is 2. The number of allylic oxidation sites excluding steroid dienone is 1. The van der Waals surface area contributed by atoms with Crippen LogP contribution in [0.2, 0.25) is 0 Å². The molecule has 60 heavy (non-hydrogen) atoms. The average molecular weight is 832 g/mol. The molecule has 0 spiro atoms. The van der Waals surface area contributed by atoms with E-state index in [9.17, 15) is 39.3 Å². The third kappa shape index (κ3) is 7.24. The highest BCUT2D eigenvalue weighted by Gasteiger charge is 2.78.